The molecule has 0 unspecified atom stereocenters. The number of nitrogens with one attached hydrogen (secondary N) is 1. The van der Waals surface area contributed by atoms with Crippen molar-refractivity contribution in [3.05, 3.63) is 29.8 Å². The molecular formula is C14H21NO5S. The maximum Gasteiger partial charge on any atom is 0.328 e. The molecule has 0 aliphatic heterocycles. The number of hydrogen-bond acceptors (Lipinski definition) is 5. The van der Waals surface area contributed by atoms with Crippen LogP contribution in [0.25, 0.3) is 0 Å². The summed E-state index contributed by atoms with van der Waals surface area (Å²) in [4.78, 5) is 12.0. The molecule has 0 spiro atoms. The first-order valence-electron chi connectivity index (χ1n) is 6.77. The molecular weight excluding hydrogens is 294 g/mol. The largest absolute Gasteiger partial charge is 0.464 e. The highest BCUT2D eigenvalue weighted by molar-refractivity contribution is 7.85. The molecule has 0 bridgehead atoms. The fourth-order valence-electron chi connectivity index (χ4n) is 1.74. The van der Waals surface area contributed by atoms with Crippen LogP contribution in [0.2, 0.25) is 0 Å². The molecule has 0 aliphatic carbocycles. The molecule has 0 fully saturated rings. The second-order valence-corrected chi connectivity index (χ2v) is 6.33. The lowest BCUT2D eigenvalue weighted by Crippen LogP contribution is -2.33. The van der Waals surface area contributed by atoms with Gasteiger partial charge in [0.15, 0.2) is 0 Å². The average molecular weight is 315 g/mol. The van der Waals surface area contributed by atoms with E-state index in [-0.39, 0.29) is 13.0 Å². The van der Waals surface area contributed by atoms with E-state index in [2.05, 4.69) is 5.32 Å². The Bertz CT molecular complexity index is 570. The van der Waals surface area contributed by atoms with E-state index in [0.29, 0.717) is 6.42 Å². The summed E-state index contributed by atoms with van der Waals surface area (Å²) in [5.41, 5.74) is 1.66. The van der Waals surface area contributed by atoms with Gasteiger partial charge >= 0.3 is 5.97 Å². The molecule has 0 aromatic heterocycles. The number of ether oxygens (including phenoxy) is 1. The third-order valence-electron chi connectivity index (χ3n) is 2.87. The van der Waals surface area contributed by atoms with E-state index in [1.807, 2.05) is 32.0 Å². The number of para-hydroxylation sites is 1. The van der Waals surface area contributed by atoms with E-state index in [4.69, 9.17) is 9.29 Å². The van der Waals surface area contributed by atoms with Gasteiger partial charge in [0.05, 0.1) is 12.4 Å². The summed E-state index contributed by atoms with van der Waals surface area (Å²) in [6, 6.07) is 6.53. The first kappa shape index (κ1) is 17.5. The Kier molecular flexibility index (Phi) is 6.64. The highest BCUT2D eigenvalue weighted by atomic mass is 32.2. The Balaban J connectivity index is 2.80. The van der Waals surface area contributed by atoms with Crippen molar-refractivity contribution in [3.63, 3.8) is 0 Å². The molecule has 0 saturated carbocycles. The molecule has 1 aromatic carbocycles. The van der Waals surface area contributed by atoms with E-state index < -0.39 is 27.9 Å². The number of anilines is 1. The number of benzene rings is 1. The number of rotatable bonds is 8. The summed E-state index contributed by atoms with van der Waals surface area (Å²) < 4.78 is 35.6. The predicted octanol–water partition coefficient (Wildman–Crippen LogP) is 2.01. The lowest BCUT2D eigenvalue weighted by molar-refractivity contribution is -0.144. The summed E-state index contributed by atoms with van der Waals surface area (Å²) in [6.45, 7) is 4.02. The monoisotopic (exact) mass is 315 g/mol. The van der Waals surface area contributed by atoms with Gasteiger partial charge in [-0.3, -0.25) is 4.55 Å². The van der Waals surface area contributed by atoms with Crippen LogP contribution in [0.1, 0.15) is 25.3 Å². The standard InChI is InChI=1S/C14H21NO5S/c1-3-9-20-14(16)13(8-10-21(17,18)19)15-12-7-5-4-6-11(12)2/h4-7,13,15H,3,8-10H2,1-2H3,(H,17,18,19)/t13-/m0/s1. The van der Waals surface area contributed by atoms with Gasteiger partial charge in [0.25, 0.3) is 10.1 Å². The quantitative estimate of drug-likeness (QED) is 0.563. The summed E-state index contributed by atoms with van der Waals surface area (Å²) in [5.74, 6) is -1.03. The van der Waals surface area contributed by atoms with Gasteiger partial charge in [0, 0.05) is 5.69 Å². The fraction of sp³-hybridized carbons (Fsp3) is 0.500. The number of esters is 1. The Labute approximate surface area is 125 Å². The molecule has 0 saturated heterocycles. The van der Waals surface area contributed by atoms with Gasteiger partial charge in [-0.25, -0.2) is 4.79 Å². The van der Waals surface area contributed by atoms with Crippen molar-refractivity contribution in [2.45, 2.75) is 32.7 Å². The van der Waals surface area contributed by atoms with E-state index in [1.165, 1.54) is 0 Å². The fourth-order valence-corrected chi connectivity index (χ4v) is 2.28. The molecule has 7 heteroatoms. The van der Waals surface area contributed by atoms with E-state index in [1.54, 1.807) is 6.07 Å². The number of aryl methyl sites for hydroxylation is 1. The minimum atomic E-state index is -4.12. The van der Waals surface area contributed by atoms with Gasteiger partial charge < -0.3 is 10.1 Å². The van der Waals surface area contributed by atoms with Crippen LogP contribution in [-0.4, -0.2) is 37.3 Å². The van der Waals surface area contributed by atoms with E-state index in [9.17, 15) is 13.2 Å². The van der Waals surface area contributed by atoms with Crippen LogP contribution >= 0.6 is 0 Å². The van der Waals surface area contributed by atoms with Crippen molar-refractivity contribution in [1.82, 2.24) is 0 Å². The molecule has 0 amide bonds. The Morgan fingerprint density at radius 3 is 2.62 bits per heavy atom. The summed E-state index contributed by atoms with van der Waals surface area (Å²) in [5, 5.41) is 2.98. The van der Waals surface area contributed by atoms with Gasteiger partial charge in [0.2, 0.25) is 0 Å². The van der Waals surface area contributed by atoms with Crippen LogP contribution in [-0.2, 0) is 19.6 Å². The number of carbonyl (C=O) groups excluding carboxylic acids is 1. The molecule has 0 aliphatic rings. The smallest absolute Gasteiger partial charge is 0.328 e. The molecule has 1 rings (SSSR count). The summed E-state index contributed by atoms with van der Waals surface area (Å²) >= 11 is 0. The van der Waals surface area contributed by atoms with Gasteiger partial charge in [0.1, 0.15) is 6.04 Å². The van der Waals surface area contributed by atoms with Gasteiger partial charge in [-0.1, -0.05) is 25.1 Å². The first-order valence-corrected chi connectivity index (χ1v) is 8.38. The SMILES string of the molecule is CCCOC(=O)[C@H](CCS(=O)(=O)O)Nc1ccccc1C. The van der Waals surface area contributed by atoms with Crippen molar-refractivity contribution in [2.24, 2.45) is 0 Å². The van der Waals surface area contributed by atoms with Crippen molar-refractivity contribution in [3.8, 4) is 0 Å². The Morgan fingerprint density at radius 1 is 1.38 bits per heavy atom. The Hall–Kier alpha value is -1.60. The minimum absolute atomic E-state index is 0.0598. The summed E-state index contributed by atoms with van der Waals surface area (Å²) in [6.07, 6.45) is 0.622. The zero-order chi connectivity index (χ0) is 15.9. The highest BCUT2D eigenvalue weighted by Crippen LogP contribution is 2.16. The maximum absolute atomic E-state index is 12.0. The number of hydrogen-bond donors (Lipinski definition) is 2. The topological polar surface area (TPSA) is 92.7 Å². The van der Waals surface area contributed by atoms with Crippen molar-refractivity contribution < 1.29 is 22.5 Å². The zero-order valence-electron chi connectivity index (χ0n) is 12.2. The molecule has 0 radical (unpaired) electrons. The number of carbonyl (C=O) groups is 1. The minimum Gasteiger partial charge on any atom is -0.464 e. The van der Waals surface area contributed by atoms with Gasteiger partial charge in [-0.05, 0) is 31.4 Å². The van der Waals surface area contributed by atoms with Crippen LogP contribution in [0.3, 0.4) is 0 Å². The maximum atomic E-state index is 12.0. The molecule has 2 N–H and O–H groups in total. The molecule has 1 aromatic rings. The third-order valence-corrected chi connectivity index (χ3v) is 3.62. The normalized spacial score (nSPS) is 12.7. The first-order chi connectivity index (χ1) is 9.83. The molecule has 118 valence electrons. The lowest BCUT2D eigenvalue weighted by atomic mass is 10.1. The molecule has 0 heterocycles. The van der Waals surface area contributed by atoms with Gasteiger partial charge in [-0.15, -0.1) is 0 Å². The Morgan fingerprint density at radius 2 is 2.05 bits per heavy atom. The summed E-state index contributed by atoms with van der Waals surface area (Å²) in [7, 11) is -4.12. The van der Waals surface area contributed by atoms with Gasteiger partial charge in [-0.2, -0.15) is 8.42 Å². The highest BCUT2D eigenvalue weighted by Gasteiger charge is 2.22. The molecule has 21 heavy (non-hydrogen) atoms. The predicted molar refractivity (Wildman–Crippen MR) is 80.9 cm³/mol. The van der Waals surface area contributed by atoms with Crippen LogP contribution < -0.4 is 5.32 Å². The van der Waals surface area contributed by atoms with E-state index in [0.717, 1.165) is 11.3 Å². The van der Waals surface area contributed by atoms with Crippen molar-refractivity contribution in [1.29, 1.82) is 0 Å². The second-order valence-electron chi connectivity index (χ2n) is 4.75. The zero-order valence-corrected chi connectivity index (χ0v) is 13.0. The van der Waals surface area contributed by atoms with E-state index >= 15 is 0 Å². The average Bonchev–Trinajstić information content (AvgIpc) is 2.41. The third kappa shape index (κ3) is 6.59. The van der Waals surface area contributed by atoms with Crippen molar-refractivity contribution in [2.75, 3.05) is 17.7 Å². The molecule has 6 nitrogen and oxygen atoms in total. The lowest BCUT2D eigenvalue weighted by Gasteiger charge is -2.19. The second kappa shape index (κ2) is 7.99. The van der Waals surface area contributed by atoms with Crippen LogP contribution in [0.4, 0.5) is 5.69 Å². The molecule has 1 atom stereocenters. The van der Waals surface area contributed by atoms with Crippen molar-refractivity contribution >= 4 is 21.8 Å². The van der Waals surface area contributed by atoms with Crippen LogP contribution in [0.15, 0.2) is 24.3 Å². The van der Waals surface area contributed by atoms with Crippen LogP contribution in [0, 0.1) is 6.92 Å². The van der Waals surface area contributed by atoms with Crippen LogP contribution in [0.5, 0.6) is 0 Å².